The third kappa shape index (κ3) is 2.33. The highest BCUT2D eigenvalue weighted by Crippen LogP contribution is 2.33. The van der Waals surface area contributed by atoms with Gasteiger partial charge >= 0.3 is 0 Å². The largest absolute Gasteiger partial charge is 0.397 e. The number of nitrogens with two attached hydrogens (primary N) is 1. The number of thiazole rings is 1. The zero-order valence-corrected chi connectivity index (χ0v) is 12.7. The van der Waals surface area contributed by atoms with Gasteiger partial charge in [-0.05, 0) is 25.5 Å². The minimum absolute atomic E-state index is 0.128. The van der Waals surface area contributed by atoms with Crippen molar-refractivity contribution in [1.82, 2.24) is 10.3 Å². The van der Waals surface area contributed by atoms with Crippen LogP contribution in [0.1, 0.15) is 18.4 Å². The molecule has 6 nitrogen and oxygen atoms in total. The summed E-state index contributed by atoms with van der Waals surface area (Å²) in [6, 6.07) is 3.34. The number of fused-ring (bicyclic) bond motifs is 1. The number of carbonyl (C=O) groups is 2. The molecule has 21 heavy (non-hydrogen) atoms. The van der Waals surface area contributed by atoms with Gasteiger partial charge in [-0.15, -0.1) is 11.3 Å². The van der Waals surface area contributed by atoms with Crippen LogP contribution in [0.25, 0.3) is 10.2 Å². The number of rotatable bonds is 2. The predicted octanol–water partition coefficient (Wildman–Crippen LogP) is 1.43. The normalized spacial score (nSPS) is 19.1. The Morgan fingerprint density at radius 1 is 1.48 bits per heavy atom. The summed E-state index contributed by atoms with van der Waals surface area (Å²) in [5.74, 6) is -0.582. The van der Waals surface area contributed by atoms with Crippen molar-refractivity contribution < 1.29 is 9.59 Å². The van der Waals surface area contributed by atoms with E-state index in [0.29, 0.717) is 17.8 Å². The molecule has 0 saturated carbocycles. The van der Waals surface area contributed by atoms with Gasteiger partial charge in [-0.3, -0.25) is 14.9 Å². The molecule has 2 aromatic rings. The van der Waals surface area contributed by atoms with Crippen LogP contribution in [0.2, 0.25) is 0 Å². The topological polar surface area (TPSA) is 88.3 Å². The van der Waals surface area contributed by atoms with Crippen molar-refractivity contribution in [2.75, 3.05) is 17.2 Å². The first-order valence-electron chi connectivity index (χ1n) is 6.76. The van der Waals surface area contributed by atoms with Crippen LogP contribution in [0.3, 0.4) is 0 Å². The molecule has 1 unspecified atom stereocenters. The van der Waals surface area contributed by atoms with Crippen LogP contribution in [-0.4, -0.2) is 29.4 Å². The quantitative estimate of drug-likeness (QED) is 0.647. The number of nitrogens with one attached hydrogen (secondary N) is 1. The van der Waals surface area contributed by atoms with Gasteiger partial charge in [0.25, 0.3) is 0 Å². The lowest BCUT2D eigenvalue weighted by molar-refractivity contribution is -0.132. The van der Waals surface area contributed by atoms with Gasteiger partial charge in [0.05, 0.1) is 33.1 Å². The number of anilines is 2. The summed E-state index contributed by atoms with van der Waals surface area (Å²) in [6.07, 6.45) is 0.604. The van der Waals surface area contributed by atoms with Gasteiger partial charge in [0.1, 0.15) is 6.04 Å². The van der Waals surface area contributed by atoms with Crippen LogP contribution >= 0.6 is 11.3 Å². The van der Waals surface area contributed by atoms with E-state index < -0.39 is 0 Å². The van der Waals surface area contributed by atoms with Crippen LogP contribution in [0.4, 0.5) is 11.4 Å². The van der Waals surface area contributed by atoms with Crippen molar-refractivity contribution in [3.8, 4) is 0 Å². The fourth-order valence-electron chi connectivity index (χ4n) is 2.67. The Balaban J connectivity index is 2.10. The Hall–Kier alpha value is -2.15. The van der Waals surface area contributed by atoms with E-state index >= 15 is 0 Å². The van der Waals surface area contributed by atoms with Crippen LogP contribution in [0.15, 0.2) is 12.1 Å². The van der Waals surface area contributed by atoms with Crippen molar-refractivity contribution in [2.24, 2.45) is 0 Å². The molecule has 1 aliphatic rings. The molecule has 3 N–H and O–H groups in total. The predicted molar refractivity (Wildman–Crippen MR) is 83.3 cm³/mol. The molecule has 1 fully saturated rings. The smallest absolute Gasteiger partial charge is 0.249 e. The molecular weight excluding hydrogens is 288 g/mol. The highest BCUT2D eigenvalue weighted by atomic mass is 32.1. The Morgan fingerprint density at radius 3 is 2.95 bits per heavy atom. The van der Waals surface area contributed by atoms with E-state index in [1.807, 2.05) is 26.0 Å². The Bertz CT molecular complexity index is 740. The second-order valence-corrected chi connectivity index (χ2v) is 6.31. The summed E-state index contributed by atoms with van der Waals surface area (Å²) < 4.78 is 1.01. The molecule has 1 aromatic carbocycles. The van der Waals surface area contributed by atoms with E-state index in [2.05, 4.69) is 10.3 Å². The summed E-state index contributed by atoms with van der Waals surface area (Å²) in [5.41, 5.74) is 8.23. The highest BCUT2D eigenvalue weighted by molar-refractivity contribution is 7.18. The first-order chi connectivity index (χ1) is 9.99. The van der Waals surface area contributed by atoms with E-state index in [-0.39, 0.29) is 24.4 Å². The van der Waals surface area contributed by atoms with Crippen molar-refractivity contribution in [1.29, 1.82) is 0 Å². The third-order valence-electron chi connectivity index (χ3n) is 3.60. The number of carbonyl (C=O) groups excluding carboxylic acids is 2. The fourth-order valence-corrected chi connectivity index (χ4v) is 3.53. The van der Waals surface area contributed by atoms with Crippen LogP contribution in [0, 0.1) is 6.92 Å². The summed E-state index contributed by atoms with van der Waals surface area (Å²) in [7, 11) is 0. The summed E-state index contributed by atoms with van der Waals surface area (Å²) in [5, 5.41) is 3.33. The minimum atomic E-state index is -0.387. The maximum atomic E-state index is 12.0. The molecule has 0 radical (unpaired) electrons. The molecule has 1 saturated heterocycles. The van der Waals surface area contributed by atoms with E-state index in [4.69, 9.17) is 5.73 Å². The number of hydrogen-bond acceptors (Lipinski definition) is 6. The maximum absolute atomic E-state index is 12.0. The van der Waals surface area contributed by atoms with Gasteiger partial charge in [-0.1, -0.05) is 6.92 Å². The van der Waals surface area contributed by atoms with Gasteiger partial charge in [-0.25, -0.2) is 4.98 Å². The molecule has 7 heteroatoms. The zero-order valence-electron chi connectivity index (χ0n) is 11.8. The van der Waals surface area contributed by atoms with Crippen molar-refractivity contribution in [3.05, 3.63) is 17.1 Å². The van der Waals surface area contributed by atoms with Gasteiger partial charge in [0.15, 0.2) is 0 Å². The molecule has 0 spiro atoms. The molecule has 0 aliphatic carbocycles. The zero-order chi connectivity index (χ0) is 15.1. The Labute approximate surface area is 125 Å². The molecule has 3 rings (SSSR count). The van der Waals surface area contributed by atoms with Crippen molar-refractivity contribution in [2.45, 2.75) is 26.3 Å². The third-order valence-corrected chi connectivity index (χ3v) is 4.53. The fraction of sp³-hybridized carbons (Fsp3) is 0.357. The van der Waals surface area contributed by atoms with Gasteiger partial charge in [-0.2, -0.15) is 0 Å². The van der Waals surface area contributed by atoms with Crippen molar-refractivity contribution in [3.63, 3.8) is 0 Å². The lowest BCUT2D eigenvalue weighted by atomic mass is 10.1. The van der Waals surface area contributed by atoms with E-state index in [9.17, 15) is 9.59 Å². The number of nitrogen functional groups attached to an aromatic ring is 1. The van der Waals surface area contributed by atoms with Gasteiger partial charge < -0.3 is 10.6 Å². The maximum Gasteiger partial charge on any atom is 0.249 e. The SMILES string of the molecule is CCC1C(=O)NC(=O)CN1c1cc2nc(C)sc2cc1N. The number of benzene rings is 1. The number of nitrogens with zero attached hydrogens (tertiary/aromatic N) is 2. The number of piperazine rings is 1. The van der Waals surface area contributed by atoms with Crippen LogP contribution < -0.4 is 16.0 Å². The van der Waals surface area contributed by atoms with Crippen LogP contribution in [-0.2, 0) is 9.59 Å². The summed E-state index contributed by atoms with van der Waals surface area (Å²) in [6.45, 7) is 3.98. The number of amides is 2. The van der Waals surface area contributed by atoms with Gasteiger partial charge in [0, 0.05) is 0 Å². The second-order valence-electron chi connectivity index (χ2n) is 5.08. The summed E-state index contributed by atoms with van der Waals surface area (Å²) in [4.78, 5) is 29.9. The Morgan fingerprint density at radius 2 is 2.24 bits per heavy atom. The van der Waals surface area contributed by atoms with E-state index in [1.54, 1.807) is 16.2 Å². The molecule has 1 aromatic heterocycles. The molecule has 1 atom stereocenters. The van der Waals surface area contributed by atoms with Crippen molar-refractivity contribution >= 4 is 44.7 Å². The monoisotopic (exact) mass is 304 g/mol. The Kier molecular flexibility index (Phi) is 3.29. The number of aryl methyl sites for hydroxylation is 1. The first-order valence-corrected chi connectivity index (χ1v) is 7.58. The first kappa shape index (κ1) is 13.8. The standard InChI is InChI=1S/C14H16N4O2S/c1-3-10-14(20)17-13(19)6-18(10)11-5-9-12(4-8(11)15)21-7(2)16-9/h4-5,10H,3,6,15H2,1-2H3,(H,17,19,20). The van der Waals surface area contributed by atoms with E-state index in [1.165, 1.54) is 0 Å². The molecule has 1 aliphatic heterocycles. The number of aromatic nitrogens is 1. The average Bonchev–Trinajstić information content (AvgIpc) is 2.76. The van der Waals surface area contributed by atoms with E-state index in [0.717, 1.165) is 15.2 Å². The molecule has 110 valence electrons. The molecular formula is C14H16N4O2S. The lowest BCUT2D eigenvalue weighted by Crippen LogP contribution is -2.58. The lowest BCUT2D eigenvalue weighted by Gasteiger charge is -2.35. The minimum Gasteiger partial charge on any atom is -0.397 e. The molecule has 0 bridgehead atoms. The average molecular weight is 304 g/mol. The molecule has 2 amide bonds. The van der Waals surface area contributed by atoms with Crippen LogP contribution in [0.5, 0.6) is 0 Å². The molecule has 2 heterocycles. The highest BCUT2D eigenvalue weighted by Gasteiger charge is 2.33. The number of imide groups is 1. The number of hydrogen-bond donors (Lipinski definition) is 2. The van der Waals surface area contributed by atoms with Gasteiger partial charge in [0.2, 0.25) is 11.8 Å². The summed E-state index contributed by atoms with van der Waals surface area (Å²) >= 11 is 1.57. The second kappa shape index (κ2) is 5.00.